The molecule has 140 valence electrons. The van der Waals surface area contributed by atoms with Gasteiger partial charge in [0.15, 0.2) is 0 Å². The first-order valence-electron chi connectivity index (χ1n) is 9.14. The molecule has 4 rings (SSSR count). The van der Waals surface area contributed by atoms with Gasteiger partial charge in [-0.15, -0.1) is 0 Å². The Hall–Kier alpha value is -3.53. The summed E-state index contributed by atoms with van der Waals surface area (Å²) in [5.41, 5.74) is 3.09. The van der Waals surface area contributed by atoms with Gasteiger partial charge in [0.25, 0.3) is 5.91 Å². The first kappa shape index (κ1) is 17.9. The predicted octanol–water partition coefficient (Wildman–Crippen LogP) is 5.19. The van der Waals surface area contributed by atoms with E-state index in [9.17, 15) is 4.79 Å². The number of amides is 1. The van der Waals surface area contributed by atoms with Gasteiger partial charge in [-0.3, -0.25) is 9.69 Å². The van der Waals surface area contributed by atoms with Gasteiger partial charge in [-0.05, 0) is 48.9 Å². The summed E-state index contributed by atoms with van der Waals surface area (Å²) in [6.07, 6.45) is -0.548. The number of para-hydroxylation sites is 1. The smallest absolute Gasteiger partial charge is 0.265 e. The van der Waals surface area contributed by atoms with Crippen LogP contribution in [0.25, 0.3) is 5.57 Å². The Morgan fingerprint density at radius 1 is 0.857 bits per heavy atom. The van der Waals surface area contributed by atoms with Crippen LogP contribution in [0.3, 0.4) is 0 Å². The second-order valence-electron chi connectivity index (χ2n) is 6.55. The molecular formula is C24H21NO3. The summed E-state index contributed by atoms with van der Waals surface area (Å²) in [7, 11) is 1.63. The third-order valence-electron chi connectivity index (χ3n) is 4.81. The number of hydrogen-bond donors (Lipinski definition) is 0. The average Bonchev–Trinajstić information content (AvgIpc) is 2.75. The van der Waals surface area contributed by atoms with E-state index in [4.69, 9.17) is 9.47 Å². The molecule has 4 heteroatoms. The number of rotatable bonds is 4. The van der Waals surface area contributed by atoms with Crippen molar-refractivity contribution in [3.05, 3.63) is 102 Å². The molecule has 3 aromatic carbocycles. The normalized spacial score (nSPS) is 16.7. The van der Waals surface area contributed by atoms with Gasteiger partial charge in [0.05, 0.1) is 12.7 Å². The maximum absolute atomic E-state index is 13.6. The minimum Gasteiger partial charge on any atom is -0.497 e. The molecule has 0 aromatic heterocycles. The summed E-state index contributed by atoms with van der Waals surface area (Å²) in [4.78, 5) is 15.3. The molecule has 0 spiro atoms. The lowest BCUT2D eigenvalue weighted by molar-refractivity contribution is -0.117. The van der Waals surface area contributed by atoms with Crippen molar-refractivity contribution in [2.75, 3.05) is 12.0 Å². The van der Waals surface area contributed by atoms with Crippen LogP contribution in [0, 0.1) is 0 Å². The summed E-state index contributed by atoms with van der Waals surface area (Å²) in [5, 5.41) is 0. The molecule has 0 fully saturated rings. The monoisotopic (exact) mass is 371 g/mol. The summed E-state index contributed by atoms with van der Waals surface area (Å²) in [6, 6.07) is 26.8. The Balaban J connectivity index is 1.83. The number of methoxy groups -OCH3 is 1. The number of nitrogens with zero attached hydrogens (tertiary/aromatic N) is 1. The maximum atomic E-state index is 13.6. The SMILES string of the molecule is COc1ccc([C@H]2OC(C)=C(c3ccccc3)C(=O)N2c2ccccc2)cc1. The molecule has 1 aliphatic rings. The van der Waals surface area contributed by atoms with Crippen molar-refractivity contribution < 1.29 is 14.3 Å². The van der Waals surface area contributed by atoms with E-state index in [1.807, 2.05) is 91.9 Å². The summed E-state index contributed by atoms with van der Waals surface area (Å²) in [6.45, 7) is 1.85. The number of carbonyl (C=O) groups excluding carboxylic acids is 1. The van der Waals surface area contributed by atoms with Gasteiger partial charge in [-0.25, -0.2) is 0 Å². The van der Waals surface area contributed by atoms with E-state index < -0.39 is 6.23 Å². The highest BCUT2D eigenvalue weighted by Gasteiger charge is 2.37. The third kappa shape index (κ3) is 3.25. The average molecular weight is 371 g/mol. The Morgan fingerprint density at radius 2 is 1.46 bits per heavy atom. The number of benzene rings is 3. The van der Waals surface area contributed by atoms with Gasteiger partial charge in [-0.2, -0.15) is 0 Å². The fourth-order valence-corrected chi connectivity index (χ4v) is 3.42. The number of ether oxygens (including phenoxy) is 2. The van der Waals surface area contributed by atoms with Crippen molar-refractivity contribution in [2.24, 2.45) is 0 Å². The molecule has 0 aliphatic carbocycles. The van der Waals surface area contributed by atoms with Crippen LogP contribution in [0.15, 0.2) is 90.7 Å². The molecule has 1 heterocycles. The van der Waals surface area contributed by atoms with Crippen molar-refractivity contribution in [1.29, 1.82) is 0 Å². The van der Waals surface area contributed by atoms with Crippen molar-refractivity contribution >= 4 is 17.2 Å². The van der Waals surface area contributed by atoms with E-state index in [0.717, 1.165) is 22.6 Å². The van der Waals surface area contributed by atoms with Crippen molar-refractivity contribution in [2.45, 2.75) is 13.2 Å². The first-order chi connectivity index (χ1) is 13.7. The molecule has 0 saturated heterocycles. The van der Waals surface area contributed by atoms with Crippen molar-refractivity contribution in [3.8, 4) is 5.75 Å². The van der Waals surface area contributed by atoms with Crippen LogP contribution in [0.2, 0.25) is 0 Å². The van der Waals surface area contributed by atoms with Gasteiger partial charge in [-0.1, -0.05) is 48.5 Å². The molecule has 3 aromatic rings. The lowest BCUT2D eigenvalue weighted by Crippen LogP contribution is -2.40. The Kier molecular flexibility index (Phi) is 4.85. The zero-order valence-electron chi connectivity index (χ0n) is 15.8. The molecular weight excluding hydrogens is 350 g/mol. The summed E-state index contributed by atoms with van der Waals surface area (Å²) >= 11 is 0. The van der Waals surface area contributed by atoms with Crippen LogP contribution in [0.5, 0.6) is 5.75 Å². The maximum Gasteiger partial charge on any atom is 0.265 e. The van der Waals surface area contributed by atoms with Gasteiger partial charge in [0.2, 0.25) is 6.23 Å². The molecule has 28 heavy (non-hydrogen) atoms. The highest BCUT2D eigenvalue weighted by Crippen LogP contribution is 2.39. The Bertz CT molecular complexity index is 995. The molecule has 0 unspecified atom stereocenters. The Morgan fingerprint density at radius 3 is 2.07 bits per heavy atom. The molecule has 1 atom stereocenters. The number of allylic oxidation sites excluding steroid dienone is 1. The first-order valence-corrected chi connectivity index (χ1v) is 9.14. The second kappa shape index (κ2) is 7.61. The zero-order valence-corrected chi connectivity index (χ0v) is 15.8. The molecule has 1 aliphatic heterocycles. The highest BCUT2D eigenvalue weighted by molar-refractivity contribution is 6.27. The van der Waals surface area contributed by atoms with E-state index in [2.05, 4.69) is 0 Å². The number of anilines is 1. The molecule has 0 radical (unpaired) electrons. The predicted molar refractivity (Wildman–Crippen MR) is 110 cm³/mol. The van der Waals surface area contributed by atoms with Gasteiger partial charge >= 0.3 is 0 Å². The van der Waals surface area contributed by atoms with E-state index in [0.29, 0.717) is 11.3 Å². The van der Waals surface area contributed by atoms with Gasteiger partial charge in [0, 0.05) is 11.3 Å². The standard InChI is InChI=1S/C24H21NO3/c1-17-22(18-9-5-3-6-10-18)23(26)25(20-11-7-4-8-12-20)24(28-17)19-13-15-21(27-2)16-14-19/h3-16,24H,1-2H3/t24-/m1/s1. The number of carbonyl (C=O) groups is 1. The van der Waals surface area contributed by atoms with E-state index in [-0.39, 0.29) is 5.91 Å². The molecule has 0 bridgehead atoms. The molecule has 0 saturated carbocycles. The largest absolute Gasteiger partial charge is 0.497 e. The minimum absolute atomic E-state index is 0.0815. The molecule has 4 nitrogen and oxygen atoms in total. The lowest BCUT2D eigenvalue weighted by atomic mass is 10.00. The highest BCUT2D eigenvalue weighted by atomic mass is 16.5. The van der Waals surface area contributed by atoms with Crippen LogP contribution >= 0.6 is 0 Å². The van der Waals surface area contributed by atoms with Gasteiger partial charge in [0.1, 0.15) is 11.5 Å². The van der Waals surface area contributed by atoms with Crippen LogP contribution in [0.1, 0.15) is 24.3 Å². The van der Waals surface area contributed by atoms with Crippen molar-refractivity contribution in [1.82, 2.24) is 0 Å². The zero-order chi connectivity index (χ0) is 19.5. The van der Waals surface area contributed by atoms with Crippen LogP contribution in [-0.4, -0.2) is 13.0 Å². The fourth-order valence-electron chi connectivity index (χ4n) is 3.42. The van der Waals surface area contributed by atoms with Crippen LogP contribution in [0.4, 0.5) is 5.69 Å². The fraction of sp³-hybridized carbons (Fsp3) is 0.125. The molecule has 1 amide bonds. The van der Waals surface area contributed by atoms with Crippen molar-refractivity contribution in [3.63, 3.8) is 0 Å². The quantitative estimate of drug-likeness (QED) is 0.634. The third-order valence-corrected chi connectivity index (χ3v) is 4.81. The minimum atomic E-state index is -0.548. The van der Waals surface area contributed by atoms with Gasteiger partial charge < -0.3 is 9.47 Å². The topological polar surface area (TPSA) is 38.8 Å². The van der Waals surface area contributed by atoms with E-state index in [1.165, 1.54) is 0 Å². The summed E-state index contributed by atoms with van der Waals surface area (Å²) < 4.78 is 11.5. The van der Waals surface area contributed by atoms with Crippen LogP contribution < -0.4 is 9.64 Å². The molecule has 0 N–H and O–H groups in total. The van der Waals surface area contributed by atoms with Crippen LogP contribution in [-0.2, 0) is 9.53 Å². The van der Waals surface area contributed by atoms with E-state index in [1.54, 1.807) is 12.0 Å². The number of hydrogen-bond acceptors (Lipinski definition) is 3. The van der Waals surface area contributed by atoms with E-state index >= 15 is 0 Å². The Labute approximate surface area is 164 Å². The summed E-state index contributed by atoms with van der Waals surface area (Å²) in [5.74, 6) is 1.29. The lowest BCUT2D eigenvalue weighted by Gasteiger charge is -2.37. The second-order valence-corrected chi connectivity index (χ2v) is 6.55.